The van der Waals surface area contributed by atoms with Gasteiger partial charge in [0.2, 0.25) is 5.89 Å². The number of thiophene rings is 1. The molecule has 3 rings (SSSR count). The van der Waals surface area contributed by atoms with Crippen LogP contribution in [-0.4, -0.2) is 12.1 Å². The molecule has 0 amide bonds. The number of anilines is 1. The molecule has 1 aromatic carbocycles. The van der Waals surface area contributed by atoms with Crippen LogP contribution in [0.5, 0.6) is 5.75 Å². The van der Waals surface area contributed by atoms with Crippen molar-refractivity contribution < 1.29 is 9.15 Å². The minimum absolute atomic E-state index is 0.302. The van der Waals surface area contributed by atoms with Gasteiger partial charge in [-0.1, -0.05) is 19.8 Å². The average Bonchev–Trinajstić information content (AvgIpc) is 2.91. The Morgan fingerprint density at radius 3 is 2.67 bits per heavy atom. The normalized spacial score (nSPS) is 11.1. The highest BCUT2D eigenvalue weighted by Gasteiger charge is 2.17. The molecule has 0 unspecified atom stereocenters. The van der Waals surface area contributed by atoms with E-state index < -0.39 is 5.63 Å². The summed E-state index contributed by atoms with van der Waals surface area (Å²) < 4.78 is 10.5. The SMILES string of the molecule is CCCCCc1sc2nc(-c3ccc(OC)cc3)oc(=O)c2c1N. The van der Waals surface area contributed by atoms with E-state index in [0.29, 0.717) is 21.8 Å². The van der Waals surface area contributed by atoms with E-state index in [1.165, 1.54) is 11.3 Å². The van der Waals surface area contributed by atoms with Crippen molar-refractivity contribution in [1.82, 2.24) is 4.98 Å². The van der Waals surface area contributed by atoms with Gasteiger partial charge in [0, 0.05) is 10.4 Å². The third-order valence-electron chi connectivity index (χ3n) is 3.94. The predicted molar refractivity (Wildman–Crippen MR) is 97.8 cm³/mol. The third kappa shape index (κ3) is 3.14. The van der Waals surface area contributed by atoms with Crippen molar-refractivity contribution in [3.63, 3.8) is 0 Å². The molecule has 0 saturated carbocycles. The van der Waals surface area contributed by atoms with Crippen molar-refractivity contribution in [2.24, 2.45) is 0 Å². The van der Waals surface area contributed by atoms with Crippen LogP contribution in [0.3, 0.4) is 0 Å². The maximum Gasteiger partial charge on any atom is 0.350 e. The maximum atomic E-state index is 12.4. The fraction of sp³-hybridized carbons (Fsp3) is 0.333. The number of aryl methyl sites for hydroxylation is 1. The summed E-state index contributed by atoms with van der Waals surface area (Å²) in [7, 11) is 1.61. The summed E-state index contributed by atoms with van der Waals surface area (Å²) in [6, 6.07) is 7.24. The first-order valence-electron chi connectivity index (χ1n) is 8.00. The van der Waals surface area contributed by atoms with Gasteiger partial charge < -0.3 is 14.9 Å². The Morgan fingerprint density at radius 1 is 1.25 bits per heavy atom. The molecule has 126 valence electrons. The van der Waals surface area contributed by atoms with Crippen LogP contribution in [0.4, 0.5) is 5.69 Å². The number of aromatic nitrogens is 1. The van der Waals surface area contributed by atoms with Crippen LogP contribution in [-0.2, 0) is 6.42 Å². The molecule has 0 bridgehead atoms. The number of benzene rings is 1. The molecule has 0 spiro atoms. The highest BCUT2D eigenvalue weighted by atomic mass is 32.1. The molecule has 0 saturated heterocycles. The molecular formula is C18H20N2O3S. The topological polar surface area (TPSA) is 78.4 Å². The van der Waals surface area contributed by atoms with Gasteiger partial charge in [0.25, 0.3) is 0 Å². The Hall–Kier alpha value is -2.34. The largest absolute Gasteiger partial charge is 0.497 e. The van der Waals surface area contributed by atoms with E-state index in [1.807, 2.05) is 12.1 Å². The fourth-order valence-electron chi connectivity index (χ4n) is 2.59. The highest BCUT2D eigenvalue weighted by molar-refractivity contribution is 7.19. The molecule has 5 nitrogen and oxygen atoms in total. The number of methoxy groups -OCH3 is 1. The first-order chi connectivity index (χ1) is 11.6. The lowest BCUT2D eigenvalue weighted by Gasteiger charge is -2.02. The van der Waals surface area contributed by atoms with Crippen molar-refractivity contribution in [2.75, 3.05) is 12.8 Å². The Bertz CT molecular complexity index is 897. The average molecular weight is 344 g/mol. The van der Waals surface area contributed by atoms with E-state index >= 15 is 0 Å². The molecule has 6 heteroatoms. The molecule has 0 aliphatic heterocycles. The summed E-state index contributed by atoms with van der Waals surface area (Å²) >= 11 is 1.48. The van der Waals surface area contributed by atoms with Crippen LogP contribution >= 0.6 is 11.3 Å². The molecule has 2 heterocycles. The number of nitrogens with two attached hydrogens (primary N) is 1. The summed E-state index contributed by atoms with van der Waals surface area (Å²) in [6.45, 7) is 2.16. The number of hydrogen-bond acceptors (Lipinski definition) is 6. The monoisotopic (exact) mass is 344 g/mol. The van der Waals surface area contributed by atoms with Gasteiger partial charge in [0.1, 0.15) is 16.0 Å². The zero-order valence-corrected chi connectivity index (χ0v) is 14.6. The van der Waals surface area contributed by atoms with Gasteiger partial charge in [0.05, 0.1) is 12.8 Å². The number of rotatable bonds is 6. The number of nitrogen functional groups attached to an aromatic ring is 1. The lowest BCUT2D eigenvalue weighted by molar-refractivity contribution is 0.415. The lowest BCUT2D eigenvalue weighted by atomic mass is 10.1. The molecule has 0 fully saturated rings. The minimum Gasteiger partial charge on any atom is -0.497 e. The fourth-order valence-corrected chi connectivity index (χ4v) is 3.70. The van der Waals surface area contributed by atoms with Gasteiger partial charge in [-0.2, -0.15) is 0 Å². The van der Waals surface area contributed by atoms with Crippen LogP contribution in [0.25, 0.3) is 21.7 Å². The second-order valence-electron chi connectivity index (χ2n) is 5.61. The van der Waals surface area contributed by atoms with Crippen molar-refractivity contribution in [3.05, 3.63) is 39.6 Å². The van der Waals surface area contributed by atoms with E-state index in [1.54, 1.807) is 19.2 Å². The lowest BCUT2D eigenvalue weighted by Crippen LogP contribution is -2.03. The van der Waals surface area contributed by atoms with Crippen LogP contribution in [0.1, 0.15) is 31.1 Å². The van der Waals surface area contributed by atoms with E-state index in [2.05, 4.69) is 11.9 Å². The Morgan fingerprint density at radius 2 is 2.00 bits per heavy atom. The molecule has 24 heavy (non-hydrogen) atoms. The molecule has 3 aromatic rings. The smallest absolute Gasteiger partial charge is 0.350 e. The van der Waals surface area contributed by atoms with Gasteiger partial charge in [-0.15, -0.1) is 11.3 Å². The van der Waals surface area contributed by atoms with Crippen LogP contribution < -0.4 is 16.1 Å². The first kappa shape index (κ1) is 16.5. The quantitative estimate of drug-likeness (QED) is 0.677. The van der Waals surface area contributed by atoms with E-state index in [9.17, 15) is 4.79 Å². The van der Waals surface area contributed by atoms with Gasteiger partial charge in [0.15, 0.2) is 0 Å². The van der Waals surface area contributed by atoms with Crippen LogP contribution in [0, 0.1) is 0 Å². The molecule has 0 aliphatic carbocycles. The standard InChI is InChI=1S/C18H20N2O3S/c1-3-4-5-6-13-15(19)14-17(24-13)20-16(23-18(14)21)11-7-9-12(22-2)10-8-11/h7-10H,3-6,19H2,1-2H3. The van der Waals surface area contributed by atoms with Crippen LogP contribution in [0.15, 0.2) is 33.5 Å². The number of hydrogen-bond donors (Lipinski definition) is 1. The molecule has 2 N–H and O–H groups in total. The van der Waals surface area contributed by atoms with Gasteiger partial charge in [-0.25, -0.2) is 9.78 Å². The van der Waals surface area contributed by atoms with Crippen molar-refractivity contribution in [2.45, 2.75) is 32.6 Å². The second kappa shape index (κ2) is 7.05. The Balaban J connectivity index is 2.01. The minimum atomic E-state index is -0.429. The molecular weight excluding hydrogens is 324 g/mol. The van der Waals surface area contributed by atoms with Gasteiger partial charge in [-0.3, -0.25) is 0 Å². The van der Waals surface area contributed by atoms with Crippen molar-refractivity contribution in [3.8, 4) is 17.2 Å². The summed E-state index contributed by atoms with van der Waals surface area (Å²) in [5.74, 6) is 1.04. The van der Waals surface area contributed by atoms with Crippen molar-refractivity contribution >= 4 is 27.2 Å². The predicted octanol–water partition coefficient (Wildman–Crippen LogP) is 4.24. The Kier molecular flexibility index (Phi) is 4.85. The Labute approximate surface area is 144 Å². The number of fused-ring (bicyclic) bond motifs is 1. The summed E-state index contributed by atoms with van der Waals surface area (Å²) in [6.07, 6.45) is 4.22. The van der Waals surface area contributed by atoms with Gasteiger partial charge in [-0.05, 0) is 37.1 Å². The van der Waals surface area contributed by atoms with Crippen molar-refractivity contribution in [1.29, 1.82) is 0 Å². The maximum absolute atomic E-state index is 12.4. The first-order valence-corrected chi connectivity index (χ1v) is 8.82. The van der Waals surface area contributed by atoms with Crippen LogP contribution in [0.2, 0.25) is 0 Å². The summed E-state index contributed by atoms with van der Waals surface area (Å²) in [5, 5.41) is 0.406. The number of ether oxygens (including phenoxy) is 1. The van der Waals surface area contributed by atoms with E-state index in [-0.39, 0.29) is 0 Å². The zero-order valence-electron chi connectivity index (χ0n) is 13.8. The third-order valence-corrected chi connectivity index (χ3v) is 5.10. The number of nitrogens with zero attached hydrogens (tertiary/aromatic N) is 1. The van der Waals surface area contributed by atoms with E-state index in [0.717, 1.165) is 41.9 Å². The highest BCUT2D eigenvalue weighted by Crippen LogP contribution is 2.33. The summed E-state index contributed by atoms with van der Waals surface area (Å²) in [4.78, 5) is 18.5. The van der Waals surface area contributed by atoms with E-state index in [4.69, 9.17) is 14.9 Å². The molecule has 0 atom stereocenters. The van der Waals surface area contributed by atoms with Gasteiger partial charge >= 0.3 is 5.63 Å². The molecule has 0 aliphatic rings. The molecule has 0 radical (unpaired) electrons. The second-order valence-corrected chi connectivity index (χ2v) is 6.69. The molecule has 2 aromatic heterocycles. The number of unbranched alkanes of at least 4 members (excludes halogenated alkanes) is 2. The zero-order chi connectivity index (χ0) is 17.1. The summed E-state index contributed by atoms with van der Waals surface area (Å²) in [5.41, 5.74) is 6.97.